The number of nitrogens with zero attached hydrogens (tertiary/aromatic N) is 8. The van der Waals surface area contributed by atoms with Gasteiger partial charge in [0, 0.05) is 78.5 Å². The third-order valence-corrected chi connectivity index (χ3v) is 23.8. The first-order valence-corrected chi connectivity index (χ1v) is 22.7. The van der Waals surface area contributed by atoms with Crippen molar-refractivity contribution in [3.8, 4) is 0 Å². The molecule has 1 unspecified atom stereocenters. The van der Waals surface area contributed by atoms with Gasteiger partial charge in [0.2, 0.25) is 7.51 Å². The molecule has 5 saturated heterocycles. The monoisotopic (exact) mass is 666 g/mol. The Morgan fingerprint density at radius 3 is 1.52 bits per heavy atom. The molecule has 9 nitrogen and oxygen atoms in total. The van der Waals surface area contributed by atoms with Crippen molar-refractivity contribution in [1.29, 1.82) is 0 Å². The number of hydrogen-bond donors (Lipinski definition) is 1. The van der Waals surface area contributed by atoms with Crippen LogP contribution >= 0.6 is 22.5 Å². The number of benzene rings is 1. The van der Waals surface area contributed by atoms with Crippen LogP contribution in [0.25, 0.3) is 0 Å². The van der Waals surface area contributed by atoms with Crippen molar-refractivity contribution in [2.45, 2.75) is 90.5 Å². The van der Waals surface area contributed by atoms with Crippen LogP contribution < -0.4 is 4.52 Å². The highest BCUT2D eigenvalue weighted by atomic mass is 31.3. The van der Waals surface area contributed by atoms with Crippen LogP contribution in [0.2, 0.25) is 0 Å². The van der Waals surface area contributed by atoms with Gasteiger partial charge in [0.1, 0.15) is 5.82 Å². The molecule has 6 heterocycles. The largest absolute Gasteiger partial charge is 0.361 e. The van der Waals surface area contributed by atoms with Gasteiger partial charge in [-0.3, -0.25) is 0 Å². The van der Waals surface area contributed by atoms with Crippen molar-refractivity contribution >= 4 is 22.5 Å². The Balaban J connectivity index is 1.51. The molecule has 0 aliphatic carbocycles. The van der Waals surface area contributed by atoms with Gasteiger partial charge in [0.25, 0.3) is 0 Å². The van der Waals surface area contributed by atoms with Gasteiger partial charge >= 0.3 is 15.0 Å². The molecule has 0 aromatic heterocycles. The number of likely N-dealkylation sites (N-methyl/N-ethyl adjacent to an activating group) is 1. The zero-order valence-electron chi connectivity index (χ0n) is 27.1. The van der Waals surface area contributed by atoms with Crippen LogP contribution in [0.4, 0.5) is 4.39 Å². The van der Waals surface area contributed by atoms with E-state index in [2.05, 4.69) is 39.5 Å². The minimum absolute atomic E-state index is 0.158. The molecule has 1 aromatic rings. The fourth-order valence-electron chi connectivity index (χ4n) is 8.26. The van der Waals surface area contributed by atoms with E-state index >= 15 is 0 Å². The summed E-state index contributed by atoms with van der Waals surface area (Å²) >= 11 is 0. The van der Waals surface area contributed by atoms with E-state index in [4.69, 9.17) is 9.03 Å². The molecule has 246 valence electrons. The molecular weight excluding hydrogens is 610 g/mol. The molecule has 1 aromatic carbocycles. The summed E-state index contributed by atoms with van der Waals surface area (Å²) < 4.78 is 48.4. The number of halogens is 1. The lowest BCUT2D eigenvalue weighted by atomic mass is 10.2. The molecule has 0 saturated carbocycles. The standard InChI is InChI=1S/C31H55FN9P3/c1-2-36-27-28-41(29-30-15-17-31(32)18-16-30)42(36)33-43(37-19-7-3-8-20-37,38-21-9-4-10-22-38)35-44(34-42,39-23-11-5-12-24-39)40-25-13-6-14-26-40/h15-18H,2-14,19-29H2,1H3/p+1. The summed E-state index contributed by atoms with van der Waals surface area (Å²) in [5.74, 6) is -0.158. The maximum Gasteiger partial charge on any atom is 0.361 e. The van der Waals surface area contributed by atoms with Crippen LogP contribution in [0, 0.1) is 5.82 Å². The Hall–Kier alpha value is -0.400. The highest BCUT2D eigenvalue weighted by Gasteiger charge is 2.58. The predicted molar refractivity (Wildman–Crippen MR) is 182 cm³/mol. The fraction of sp³-hybridized carbons (Fsp3) is 0.806. The summed E-state index contributed by atoms with van der Waals surface area (Å²) in [5.41, 5.74) is 1.18. The Morgan fingerprint density at radius 1 is 0.591 bits per heavy atom. The SMILES string of the molecule is CCN1CCN(Cc2ccc(F)cc2)P12=[NH+]P(N1CCCCC1)(N1CCCCC1)=NP(N1CCCCC1)(N1CCCCC1)=N2. The Labute approximate surface area is 266 Å². The quantitative estimate of drug-likeness (QED) is 0.322. The normalized spacial score (nSPS) is 31.4. The molecule has 1 N–H and O–H groups in total. The summed E-state index contributed by atoms with van der Waals surface area (Å²) in [5, 5.41) is 0. The van der Waals surface area contributed by atoms with Crippen molar-refractivity contribution in [2.75, 3.05) is 72.0 Å². The van der Waals surface area contributed by atoms with Gasteiger partial charge in [-0.1, -0.05) is 44.7 Å². The lowest BCUT2D eigenvalue weighted by Crippen LogP contribution is -2.72. The highest BCUT2D eigenvalue weighted by Crippen LogP contribution is 2.77. The molecule has 5 fully saturated rings. The first kappa shape index (κ1) is 32.2. The zero-order chi connectivity index (χ0) is 30.0. The maximum atomic E-state index is 14.0. The van der Waals surface area contributed by atoms with Crippen molar-refractivity contribution in [1.82, 2.24) is 28.0 Å². The van der Waals surface area contributed by atoms with Gasteiger partial charge in [-0.05, 0) is 69.1 Å². The molecule has 44 heavy (non-hydrogen) atoms. The maximum absolute atomic E-state index is 14.0. The molecule has 0 bridgehead atoms. The summed E-state index contributed by atoms with van der Waals surface area (Å²) in [6, 6.07) is 7.24. The molecule has 13 heteroatoms. The van der Waals surface area contributed by atoms with E-state index in [0.717, 1.165) is 78.5 Å². The first-order chi connectivity index (χ1) is 21.6. The highest BCUT2D eigenvalue weighted by molar-refractivity contribution is 7.78. The van der Waals surface area contributed by atoms with Gasteiger partial charge in [0.15, 0.2) is 0 Å². The van der Waals surface area contributed by atoms with E-state index in [-0.39, 0.29) is 5.82 Å². The smallest absolute Gasteiger partial charge is 0.239 e. The van der Waals surface area contributed by atoms with Crippen molar-refractivity contribution < 1.29 is 8.91 Å². The van der Waals surface area contributed by atoms with Crippen molar-refractivity contribution in [2.24, 2.45) is 9.03 Å². The number of rotatable bonds is 7. The Bertz CT molecular complexity index is 1210. The van der Waals surface area contributed by atoms with E-state index in [0.29, 0.717) is 0 Å². The van der Waals surface area contributed by atoms with Crippen molar-refractivity contribution in [3.63, 3.8) is 0 Å². The molecule has 1 atom stereocenters. The number of nitrogens with one attached hydrogen (secondary N) is 1. The van der Waals surface area contributed by atoms with E-state index in [1.54, 1.807) is 12.1 Å². The van der Waals surface area contributed by atoms with Gasteiger partial charge in [-0.15, -0.1) is 9.03 Å². The Morgan fingerprint density at radius 2 is 1.05 bits per heavy atom. The average molecular weight is 667 g/mol. The van der Waals surface area contributed by atoms with Crippen LogP contribution in [-0.2, 0) is 6.54 Å². The Kier molecular flexibility index (Phi) is 10.2. The van der Waals surface area contributed by atoms with Gasteiger partial charge in [0.05, 0.1) is 0 Å². The van der Waals surface area contributed by atoms with Gasteiger partial charge < -0.3 is 0 Å². The lowest BCUT2D eigenvalue weighted by Gasteiger charge is -2.50. The van der Waals surface area contributed by atoms with Crippen molar-refractivity contribution in [3.05, 3.63) is 35.6 Å². The van der Waals surface area contributed by atoms with Gasteiger partial charge in [-0.2, -0.15) is 9.19 Å². The van der Waals surface area contributed by atoms with E-state index in [1.807, 2.05) is 12.1 Å². The predicted octanol–water partition coefficient (Wildman–Crippen LogP) is 6.84. The summed E-state index contributed by atoms with van der Waals surface area (Å²) in [4.78, 5) is 0. The minimum Gasteiger partial charge on any atom is -0.239 e. The number of piperidine rings is 4. The summed E-state index contributed by atoms with van der Waals surface area (Å²) in [6.07, 6.45) is 15.4. The topological polar surface area (TPSA) is 58.1 Å². The third kappa shape index (κ3) is 6.03. The molecular formula is C31H56FN9P3+. The molecule has 0 radical (unpaired) electrons. The van der Waals surface area contributed by atoms with Gasteiger partial charge in [-0.25, -0.2) is 27.7 Å². The molecule has 7 rings (SSSR count). The zero-order valence-corrected chi connectivity index (χ0v) is 29.8. The summed E-state index contributed by atoms with van der Waals surface area (Å²) in [6.45, 7) is 15.2. The lowest BCUT2D eigenvalue weighted by molar-refractivity contribution is -0.274. The van der Waals surface area contributed by atoms with E-state index in [1.165, 1.54) is 82.6 Å². The minimum atomic E-state index is -2.38. The summed E-state index contributed by atoms with van der Waals surface area (Å²) in [7, 11) is -7.04. The van der Waals surface area contributed by atoms with Crippen LogP contribution in [0.15, 0.2) is 33.3 Å². The molecule has 1 spiro atoms. The van der Waals surface area contributed by atoms with Crippen LogP contribution in [0.5, 0.6) is 0 Å². The third-order valence-electron chi connectivity index (χ3n) is 10.7. The van der Waals surface area contributed by atoms with Crippen LogP contribution in [0.1, 0.15) is 89.5 Å². The fourth-order valence-corrected chi connectivity index (χ4v) is 25.4. The second kappa shape index (κ2) is 14.0. The second-order valence-electron chi connectivity index (χ2n) is 13.6. The van der Waals surface area contributed by atoms with E-state index < -0.39 is 22.5 Å². The molecule has 0 amide bonds. The van der Waals surface area contributed by atoms with Crippen LogP contribution in [-0.4, -0.2) is 100 Å². The number of hydrogen-bond acceptors (Lipinski definition) is 8. The first-order valence-electron chi connectivity index (χ1n) is 17.8. The van der Waals surface area contributed by atoms with Crippen LogP contribution in [0.3, 0.4) is 0 Å². The van der Waals surface area contributed by atoms with E-state index in [9.17, 15) is 4.39 Å². The average Bonchev–Trinajstić information content (AvgIpc) is 3.41. The molecule has 6 aliphatic rings. The second-order valence-corrected chi connectivity index (χ2v) is 22.5. The molecule has 6 aliphatic heterocycles.